The molecule has 3 N–H and O–H groups in total. The molecular weight excluding hydrogens is 783 g/mol. The van der Waals surface area contributed by atoms with Crippen molar-refractivity contribution >= 4 is 44.1 Å². The van der Waals surface area contributed by atoms with E-state index in [2.05, 4.69) is 60.2 Å². The van der Waals surface area contributed by atoms with Gasteiger partial charge in [0.15, 0.2) is 0 Å². The minimum atomic E-state index is -3.74. The van der Waals surface area contributed by atoms with Crippen molar-refractivity contribution < 1.29 is 33.1 Å². The number of aromatic nitrogens is 3. The number of benzene rings is 1. The summed E-state index contributed by atoms with van der Waals surface area (Å²) >= 11 is 0. The van der Waals surface area contributed by atoms with Crippen molar-refractivity contribution in [3.8, 4) is 17.6 Å². The Morgan fingerprint density at radius 1 is 0.614 bits per heavy atom. The molecule has 1 aliphatic heterocycles. The van der Waals surface area contributed by atoms with Crippen molar-refractivity contribution in [2.75, 3.05) is 84.4 Å². The van der Waals surface area contributed by atoms with E-state index < -0.39 is 22.1 Å². The highest BCUT2D eigenvalue weighted by Crippen LogP contribution is 2.35. The molecule has 1 saturated heterocycles. The standard InChI is InChI=1S/C40H54N7O7P3/c1-7-47(8-2)36-26-31(17-18-37(36)54-3)15-16-32-25-35(43-40(27-32)57(6,52)53)30-46-23-21-44(28-33-11-9-13-38(41-33)55(4,48)49)19-20-45(22-24-46)29-34-12-10-14-39(42-34)56(5,50)51/h9-14,17-18,25-27H,7-8,19-24,28-30H2,1-6H3,(H,48,49)(H,50,51)(H,52,53). The second-order valence-corrected chi connectivity index (χ2v) is 21.1. The van der Waals surface area contributed by atoms with Crippen molar-refractivity contribution in [3.05, 3.63) is 94.9 Å². The molecule has 0 amide bonds. The van der Waals surface area contributed by atoms with E-state index >= 15 is 0 Å². The smallest absolute Gasteiger partial charge is 0.244 e. The summed E-state index contributed by atoms with van der Waals surface area (Å²) < 4.78 is 43.4. The maximum Gasteiger partial charge on any atom is 0.244 e. The van der Waals surface area contributed by atoms with E-state index in [1.165, 1.54) is 20.0 Å². The van der Waals surface area contributed by atoms with Crippen molar-refractivity contribution in [3.63, 3.8) is 0 Å². The fraction of sp³-hybridized carbons (Fsp3) is 0.425. The largest absolute Gasteiger partial charge is 0.495 e. The van der Waals surface area contributed by atoms with Gasteiger partial charge in [0.1, 0.15) is 22.1 Å². The first-order valence-corrected chi connectivity index (χ1v) is 25.2. The van der Waals surface area contributed by atoms with Gasteiger partial charge in [-0.15, -0.1) is 0 Å². The van der Waals surface area contributed by atoms with Gasteiger partial charge in [-0.25, -0.2) is 15.0 Å². The third-order valence-electron chi connectivity index (χ3n) is 9.71. The normalized spacial score (nSPS) is 17.8. The van der Waals surface area contributed by atoms with Gasteiger partial charge in [0, 0.05) is 103 Å². The molecule has 3 aromatic heterocycles. The Morgan fingerprint density at radius 2 is 1.05 bits per heavy atom. The molecule has 0 aliphatic carbocycles. The Bertz CT molecular complexity index is 2150. The second-order valence-electron chi connectivity index (χ2n) is 14.5. The van der Waals surface area contributed by atoms with Gasteiger partial charge in [-0.1, -0.05) is 24.0 Å². The van der Waals surface area contributed by atoms with Crippen LogP contribution in [0.25, 0.3) is 0 Å². The van der Waals surface area contributed by atoms with E-state index in [1.54, 1.807) is 37.4 Å². The first-order valence-electron chi connectivity index (χ1n) is 18.9. The number of pyridine rings is 3. The van der Waals surface area contributed by atoms with Crippen LogP contribution in [-0.4, -0.2) is 124 Å². The van der Waals surface area contributed by atoms with E-state index in [9.17, 15) is 28.4 Å². The first-order chi connectivity index (χ1) is 26.9. The van der Waals surface area contributed by atoms with E-state index in [0.29, 0.717) is 81.5 Å². The van der Waals surface area contributed by atoms with Gasteiger partial charge in [-0.05, 0) is 68.4 Å². The third kappa shape index (κ3) is 12.9. The van der Waals surface area contributed by atoms with Crippen molar-refractivity contribution in [2.24, 2.45) is 0 Å². The molecule has 0 saturated carbocycles. The van der Waals surface area contributed by atoms with Crippen LogP contribution in [-0.2, 0) is 33.3 Å². The average molecular weight is 838 g/mol. The SMILES string of the molecule is CCN(CC)c1cc(C#Cc2cc(CN3CCN(Cc4cccc(P(C)(=O)O)n4)CCN(Cc4cccc(P(C)(=O)O)n4)CC3)nc(P(C)(=O)O)c2)ccc1OC. The highest BCUT2D eigenvalue weighted by atomic mass is 31.2. The summed E-state index contributed by atoms with van der Waals surface area (Å²) in [6.07, 6.45) is 0. The molecule has 306 valence electrons. The summed E-state index contributed by atoms with van der Waals surface area (Å²) in [7, 11) is -9.18. The molecular formula is C40H54N7O7P3. The Labute approximate surface area is 336 Å². The molecule has 1 aliphatic rings. The van der Waals surface area contributed by atoms with Crippen LogP contribution in [0.15, 0.2) is 66.7 Å². The van der Waals surface area contributed by atoms with Crippen LogP contribution >= 0.6 is 22.1 Å². The summed E-state index contributed by atoms with van der Waals surface area (Å²) in [5, 5.41) is 0. The van der Waals surface area contributed by atoms with Crippen LogP contribution in [0.4, 0.5) is 5.69 Å². The Balaban J connectivity index is 1.44. The molecule has 0 bridgehead atoms. The Morgan fingerprint density at radius 3 is 1.49 bits per heavy atom. The number of nitrogens with zero attached hydrogens (tertiary/aromatic N) is 7. The van der Waals surface area contributed by atoms with Gasteiger partial charge in [0.25, 0.3) is 0 Å². The third-order valence-corrected chi connectivity index (χ3v) is 13.0. The molecule has 0 radical (unpaired) electrons. The van der Waals surface area contributed by atoms with Gasteiger partial charge in [0.05, 0.1) is 29.9 Å². The highest BCUT2D eigenvalue weighted by molar-refractivity contribution is 7.65. The lowest BCUT2D eigenvalue weighted by Gasteiger charge is -2.26. The molecule has 0 spiro atoms. The summed E-state index contributed by atoms with van der Waals surface area (Å²) in [6.45, 7) is 14.8. The van der Waals surface area contributed by atoms with Gasteiger partial charge >= 0.3 is 0 Å². The molecule has 4 aromatic rings. The van der Waals surface area contributed by atoms with Crippen LogP contribution in [0.1, 0.15) is 42.1 Å². The molecule has 3 unspecified atom stereocenters. The van der Waals surface area contributed by atoms with Gasteiger partial charge in [0.2, 0.25) is 22.1 Å². The van der Waals surface area contributed by atoms with E-state index in [4.69, 9.17) is 4.74 Å². The average Bonchev–Trinajstić information content (AvgIpc) is 3.24. The summed E-state index contributed by atoms with van der Waals surface area (Å²) in [4.78, 5) is 53.6. The topological polar surface area (TPSA) is 173 Å². The summed E-state index contributed by atoms with van der Waals surface area (Å²) in [5.41, 5.74) is 4.67. The predicted molar refractivity (Wildman–Crippen MR) is 227 cm³/mol. The molecule has 4 heterocycles. The predicted octanol–water partition coefficient (Wildman–Crippen LogP) is 3.52. The minimum Gasteiger partial charge on any atom is -0.495 e. The quantitative estimate of drug-likeness (QED) is 0.132. The van der Waals surface area contributed by atoms with Crippen molar-refractivity contribution in [1.82, 2.24) is 29.7 Å². The maximum absolute atomic E-state index is 13.0. The molecule has 1 aromatic carbocycles. The maximum atomic E-state index is 13.0. The Kier molecular flexibility index (Phi) is 15.1. The van der Waals surface area contributed by atoms with Crippen molar-refractivity contribution in [2.45, 2.75) is 33.5 Å². The number of anilines is 1. The zero-order valence-electron chi connectivity index (χ0n) is 33.6. The Hall–Kier alpha value is -3.72. The lowest BCUT2D eigenvalue weighted by Crippen LogP contribution is -2.36. The lowest BCUT2D eigenvalue weighted by atomic mass is 10.1. The molecule has 5 rings (SSSR count). The number of rotatable bonds is 13. The van der Waals surface area contributed by atoms with Crippen LogP contribution < -0.4 is 25.9 Å². The van der Waals surface area contributed by atoms with Gasteiger partial charge < -0.3 is 24.3 Å². The molecule has 17 heteroatoms. The van der Waals surface area contributed by atoms with E-state index in [-0.39, 0.29) is 16.3 Å². The monoisotopic (exact) mass is 837 g/mol. The first kappa shape index (κ1) is 44.4. The molecule has 57 heavy (non-hydrogen) atoms. The van der Waals surface area contributed by atoms with E-state index in [1.807, 2.05) is 36.4 Å². The van der Waals surface area contributed by atoms with E-state index in [0.717, 1.165) is 30.1 Å². The van der Waals surface area contributed by atoms with Crippen LogP contribution in [0.2, 0.25) is 0 Å². The zero-order valence-corrected chi connectivity index (χ0v) is 36.3. The number of hydrogen-bond acceptors (Lipinski definition) is 11. The van der Waals surface area contributed by atoms with Crippen molar-refractivity contribution in [1.29, 1.82) is 0 Å². The molecule has 1 fully saturated rings. The van der Waals surface area contributed by atoms with Crippen LogP contribution in [0.3, 0.4) is 0 Å². The summed E-state index contributed by atoms with van der Waals surface area (Å²) in [6, 6.07) is 19.6. The molecule has 3 atom stereocenters. The van der Waals surface area contributed by atoms with Crippen LogP contribution in [0.5, 0.6) is 5.75 Å². The van der Waals surface area contributed by atoms with Gasteiger partial charge in [-0.3, -0.25) is 28.4 Å². The lowest BCUT2D eigenvalue weighted by molar-refractivity contribution is 0.207. The summed E-state index contributed by atoms with van der Waals surface area (Å²) in [5.74, 6) is 7.21. The van der Waals surface area contributed by atoms with Crippen LogP contribution in [0, 0.1) is 11.8 Å². The fourth-order valence-electron chi connectivity index (χ4n) is 6.58. The minimum absolute atomic E-state index is 0.0847. The molecule has 14 nitrogen and oxygen atoms in total. The zero-order chi connectivity index (χ0) is 41.4. The number of methoxy groups -OCH3 is 1. The number of ether oxygens (including phenoxy) is 1. The second kappa shape index (κ2) is 19.4. The fourth-order valence-corrected chi connectivity index (χ4v) is 8.62. The number of hydrogen-bond donors (Lipinski definition) is 3. The highest BCUT2D eigenvalue weighted by Gasteiger charge is 2.23. The van der Waals surface area contributed by atoms with Gasteiger partial charge in [-0.2, -0.15) is 0 Å².